The number of fused-ring (bicyclic) bond motifs is 1. The number of ether oxygens (including phenoxy) is 2. The fourth-order valence-corrected chi connectivity index (χ4v) is 3.21. The van der Waals surface area contributed by atoms with Gasteiger partial charge in [-0.05, 0) is 43.5 Å². The number of aliphatic carboxylic acids is 1. The Kier molecular flexibility index (Phi) is 4.41. The fraction of sp³-hybridized carbons (Fsp3) is 0.529. The molecule has 0 aromatic heterocycles. The molecule has 0 unspecified atom stereocenters. The van der Waals surface area contributed by atoms with E-state index in [1.54, 1.807) is 4.90 Å². The van der Waals surface area contributed by atoms with Crippen LogP contribution >= 0.6 is 0 Å². The summed E-state index contributed by atoms with van der Waals surface area (Å²) in [5.74, 6) is 0.0257. The molecule has 2 aliphatic heterocycles. The van der Waals surface area contributed by atoms with Crippen LogP contribution in [0.1, 0.15) is 18.9 Å². The molecular weight excluding hydrogens is 298 g/mol. The zero-order chi connectivity index (χ0) is 16.4. The summed E-state index contributed by atoms with van der Waals surface area (Å²) in [5.41, 5.74) is 0.967. The Labute approximate surface area is 135 Å². The second-order valence-electron chi connectivity index (χ2n) is 6.02. The van der Waals surface area contributed by atoms with Crippen LogP contribution < -0.4 is 9.47 Å². The predicted octanol–water partition coefficient (Wildman–Crippen LogP) is 1.57. The van der Waals surface area contributed by atoms with Crippen molar-refractivity contribution in [2.24, 2.45) is 11.8 Å². The normalized spacial score (nSPS) is 23.1. The molecule has 1 N–H and O–H groups in total. The minimum absolute atomic E-state index is 0.0128. The van der Waals surface area contributed by atoms with Crippen LogP contribution in [0.5, 0.6) is 11.5 Å². The number of benzene rings is 1. The van der Waals surface area contributed by atoms with Crippen LogP contribution in [0.4, 0.5) is 0 Å². The van der Waals surface area contributed by atoms with E-state index in [9.17, 15) is 9.59 Å². The predicted molar refractivity (Wildman–Crippen MR) is 82.6 cm³/mol. The second-order valence-corrected chi connectivity index (χ2v) is 6.02. The maximum absolute atomic E-state index is 12.6. The molecule has 1 amide bonds. The van der Waals surface area contributed by atoms with Gasteiger partial charge in [0.05, 0.1) is 18.4 Å². The number of nitrogens with zero attached hydrogens (tertiary/aromatic N) is 1. The van der Waals surface area contributed by atoms with E-state index < -0.39 is 11.9 Å². The SMILES string of the molecule is CCOc1ccc2c(c1)C[C@@H](C(=O)N1CC[C@H](C(=O)O)C1)CO2. The summed E-state index contributed by atoms with van der Waals surface area (Å²) in [7, 11) is 0. The Morgan fingerprint density at radius 2 is 2.22 bits per heavy atom. The van der Waals surface area contributed by atoms with E-state index in [1.165, 1.54) is 0 Å². The quantitative estimate of drug-likeness (QED) is 0.911. The standard InChI is InChI=1S/C17H21NO5/c1-2-22-14-3-4-15-12(8-14)7-13(10-23-15)16(19)18-6-5-11(9-18)17(20)21/h3-4,8,11,13H,2,5-7,9-10H2,1H3,(H,20,21)/t11-,13+/m0/s1. The van der Waals surface area contributed by atoms with Crippen molar-refractivity contribution in [1.82, 2.24) is 4.90 Å². The van der Waals surface area contributed by atoms with E-state index in [0.717, 1.165) is 17.1 Å². The summed E-state index contributed by atoms with van der Waals surface area (Å²) in [5, 5.41) is 9.06. The average molecular weight is 319 g/mol. The van der Waals surface area contributed by atoms with Gasteiger partial charge in [-0.25, -0.2) is 0 Å². The lowest BCUT2D eigenvalue weighted by Gasteiger charge is -2.28. The number of likely N-dealkylation sites (tertiary alicyclic amines) is 1. The molecule has 23 heavy (non-hydrogen) atoms. The molecule has 1 saturated heterocycles. The molecule has 2 aliphatic rings. The lowest BCUT2D eigenvalue weighted by Crippen LogP contribution is -2.40. The van der Waals surface area contributed by atoms with Crippen molar-refractivity contribution in [3.63, 3.8) is 0 Å². The van der Waals surface area contributed by atoms with Gasteiger partial charge in [-0.15, -0.1) is 0 Å². The molecule has 0 aliphatic carbocycles. The summed E-state index contributed by atoms with van der Waals surface area (Å²) in [4.78, 5) is 25.3. The van der Waals surface area contributed by atoms with Gasteiger partial charge < -0.3 is 19.5 Å². The van der Waals surface area contributed by atoms with Gasteiger partial charge in [-0.2, -0.15) is 0 Å². The number of amides is 1. The first kappa shape index (κ1) is 15.6. The third-order valence-electron chi connectivity index (χ3n) is 4.45. The van der Waals surface area contributed by atoms with E-state index in [4.69, 9.17) is 14.6 Å². The van der Waals surface area contributed by atoms with Gasteiger partial charge in [0.2, 0.25) is 5.91 Å². The summed E-state index contributed by atoms with van der Waals surface area (Å²) in [6.07, 6.45) is 1.13. The average Bonchev–Trinajstić information content (AvgIpc) is 3.04. The van der Waals surface area contributed by atoms with E-state index in [2.05, 4.69) is 0 Å². The highest BCUT2D eigenvalue weighted by Crippen LogP contribution is 2.32. The Hall–Kier alpha value is -2.24. The molecule has 124 valence electrons. The fourth-order valence-electron chi connectivity index (χ4n) is 3.21. The number of hydrogen-bond donors (Lipinski definition) is 1. The van der Waals surface area contributed by atoms with Crippen molar-refractivity contribution in [2.75, 3.05) is 26.3 Å². The summed E-state index contributed by atoms with van der Waals surface area (Å²) >= 11 is 0. The van der Waals surface area contributed by atoms with E-state index in [0.29, 0.717) is 39.1 Å². The number of hydrogen-bond acceptors (Lipinski definition) is 4. The molecule has 0 bridgehead atoms. The number of carbonyl (C=O) groups is 2. The Balaban J connectivity index is 1.68. The molecule has 2 atom stereocenters. The summed E-state index contributed by atoms with van der Waals surface area (Å²) in [6, 6.07) is 5.65. The van der Waals surface area contributed by atoms with Crippen molar-refractivity contribution in [1.29, 1.82) is 0 Å². The van der Waals surface area contributed by atoms with Crippen molar-refractivity contribution < 1.29 is 24.2 Å². The van der Waals surface area contributed by atoms with Crippen LogP contribution in [0.25, 0.3) is 0 Å². The third kappa shape index (κ3) is 3.25. The van der Waals surface area contributed by atoms with Crippen LogP contribution in [0.2, 0.25) is 0 Å². The smallest absolute Gasteiger partial charge is 0.308 e. The second kappa shape index (κ2) is 6.48. The van der Waals surface area contributed by atoms with E-state index in [1.807, 2.05) is 25.1 Å². The van der Waals surface area contributed by atoms with Crippen LogP contribution in [0.15, 0.2) is 18.2 Å². The van der Waals surface area contributed by atoms with Gasteiger partial charge in [0.1, 0.15) is 18.1 Å². The first-order chi connectivity index (χ1) is 11.1. The monoisotopic (exact) mass is 319 g/mol. The molecule has 1 aromatic carbocycles. The maximum atomic E-state index is 12.6. The lowest BCUT2D eigenvalue weighted by atomic mass is 9.95. The molecular formula is C17H21NO5. The zero-order valence-electron chi connectivity index (χ0n) is 13.2. The molecule has 6 heteroatoms. The number of carbonyl (C=O) groups excluding carboxylic acids is 1. The Morgan fingerprint density at radius 3 is 2.91 bits per heavy atom. The minimum atomic E-state index is -0.827. The van der Waals surface area contributed by atoms with Gasteiger partial charge in [0.15, 0.2) is 0 Å². The molecule has 0 saturated carbocycles. The van der Waals surface area contributed by atoms with Crippen LogP contribution in [-0.4, -0.2) is 48.2 Å². The summed E-state index contributed by atoms with van der Waals surface area (Å²) in [6.45, 7) is 3.67. The number of carboxylic acids is 1. The van der Waals surface area contributed by atoms with Crippen LogP contribution in [-0.2, 0) is 16.0 Å². The maximum Gasteiger partial charge on any atom is 0.308 e. The van der Waals surface area contributed by atoms with Gasteiger partial charge in [0.25, 0.3) is 0 Å². The van der Waals surface area contributed by atoms with E-state index >= 15 is 0 Å². The minimum Gasteiger partial charge on any atom is -0.494 e. The Bertz CT molecular complexity index is 615. The molecule has 0 spiro atoms. The zero-order valence-corrected chi connectivity index (χ0v) is 13.2. The molecule has 6 nitrogen and oxygen atoms in total. The first-order valence-electron chi connectivity index (χ1n) is 7.98. The third-order valence-corrected chi connectivity index (χ3v) is 4.45. The van der Waals surface area contributed by atoms with Crippen molar-refractivity contribution in [3.05, 3.63) is 23.8 Å². The van der Waals surface area contributed by atoms with Crippen molar-refractivity contribution in [3.8, 4) is 11.5 Å². The van der Waals surface area contributed by atoms with Crippen molar-refractivity contribution >= 4 is 11.9 Å². The molecule has 3 rings (SSSR count). The molecule has 1 aromatic rings. The van der Waals surface area contributed by atoms with Gasteiger partial charge in [0, 0.05) is 13.1 Å². The molecule has 0 radical (unpaired) electrons. The van der Waals surface area contributed by atoms with Crippen LogP contribution in [0.3, 0.4) is 0 Å². The van der Waals surface area contributed by atoms with E-state index in [-0.39, 0.29) is 11.8 Å². The topological polar surface area (TPSA) is 76.1 Å². The van der Waals surface area contributed by atoms with Gasteiger partial charge >= 0.3 is 5.97 Å². The first-order valence-corrected chi connectivity index (χ1v) is 7.98. The lowest BCUT2D eigenvalue weighted by molar-refractivity contribution is -0.141. The Morgan fingerprint density at radius 1 is 1.39 bits per heavy atom. The molecule has 2 heterocycles. The number of carboxylic acid groups (broad SMARTS) is 1. The molecule has 1 fully saturated rings. The highest BCUT2D eigenvalue weighted by molar-refractivity contribution is 5.81. The summed E-state index contributed by atoms with van der Waals surface area (Å²) < 4.78 is 11.2. The van der Waals surface area contributed by atoms with Gasteiger partial charge in [-0.3, -0.25) is 9.59 Å². The van der Waals surface area contributed by atoms with Crippen LogP contribution in [0, 0.1) is 11.8 Å². The number of rotatable bonds is 4. The van der Waals surface area contributed by atoms with Gasteiger partial charge in [-0.1, -0.05) is 0 Å². The largest absolute Gasteiger partial charge is 0.494 e. The highest BCUT2D eigenvalue weighted by atomic mass is 16.5. The highest BCUT2D eigenvalue weighted by Gasteiger charge is 2.35. The van der Waals surface area contributed by atoms with Crippen molar-refractivity contribution in [2.45, 2.75) is 19.8 Å².